The maximum absolute atomic E-state index is 13.3. The van der Waals surface area contributed by atoms with Gasteiger partial charge in [-0.2, -0.15) is 13.2 Å². The maximum atomic E-state index is 13.3. The third-order valence-corrected chi connectivity index (χ3v) is 3.44. The molecule has 2 rings (SSSR count). The van der Waals surface area contributed by atoms with Crippen molar-refractivity contribution in [1.82, 2.24) is 10.2 Å². The zero-order chi connectivity index (χ0) is 18.1. The minimum atomic E-state index is -4.77. The molecule has 1 aliphatic heterocycles. The van der Waals surface area contributed by atoms with Gasteiger partial charge < -0.3 is 0 Å². The Bertz CT molecular complexity index is 771. The summed E-state index contributed by atoms with van der Waals surface area (Å²) in [6.07, 6.45) is -2.74. The van der Waals surface area contributed by atoms with Crippen molar-refractivity contribution in [3.8, 4) is 0 Å². The van der Waals surface area contributed by atoms with Gasteiger partial charge in [0.05, 0.1) is 5.56 Å². The highest BCUT2D eigenvalue weighted by Gasteiger charge is 2.36. The van der Waals surface area contributed by atoms with Crippen molar-refractivity contribution in [2.75, 3.05) is 6.54 Å². The lowest BCUT2D eigenvalue weighted by molar-refractivity contribution is -0.138. The second kappa shape index (κ2) is 6.52. The summed E-state index contributed by atoms with van der Waals surface area (Å²) in [6.45, 7) is 3.39. The summed E-state index contributed by atoms with van der Waals surface area (Å²) in [6, 6.07) is 1.78. The molecule has 0 radical (unpaired) electrons. The van der Waals surface area contributed by atoms with Crippen molar-refractivity contribution in [3.63, 3.8) is 0 Å². The van der Waals surface area contributed by atoms with Gasteiger partial charge in [0.1, 0.15) is 11.4 Å². The van der Waals surface area contributed by atoms with Gasteiger partial charge in [0.25, 0.3) is 11.8 Å². The third kappa shape index (κ3) is 3.51. The van der Waals surface area contributed by atoms with Crippen molar-refractivity contribution in [2.45, 2.75) is 6.18 Å². The van der Waals surface area contributed by atoms with E-state index in [1.807, 2.05) is 0 Å². The van der Waals surface area contributed by atoms with E-state index in [9.17, 15) is 27.2 Å². The summed E-state index contributed by atoms with van der Waals surface area (Å²) < 4.78 is 52.3. The Hall–Kier alpha value is -2.55. The molecule has 0 bridgehead atoms. The van der Waals surface area contributed by atoms with Crippen molar-refractivity contribution >= 4 is 35.2 Å². The van der Waals surface area contributed by atoms with E-state index < -0.39 is 40.5 Å². The van der Waals surface area contributed by atoms with Gasteiger partial charge in [-0.05, 0) is 42.1 Å². The fourth-order valence-electron chi connectivity index (χ4n) is 2.06. The van der Waals surface area contributed by atoms with Crippen molar-refractivity contribution in [1.29, 1.82) is 0 Å². The Morgan fingerprint density at radius 2 is 1.96 bits per heavy atom. The lowest BCUT2D eigenvalue weighted by atomic mass is 10.0. The molecule has 0 atom stereocenters. The van der Waals surface area contributed by atoms with Crippen LogP contribution in [0.1, 0.15) is 11.1 Å². The monoisotopic (exact) mass is 358 g/mol. The average Bonchev–Trinajstić information content (AvgIpc) is 2.46. The van der Waals surface area contributed by atoms with E-state index in [4.69, 9.17) is 12.2 Å². The number of halogens is 4. The normalized spacial score (nSPS) is 17.2. The van der Waals surface area contributed by atoms with E-state index in [0.717, 1.165) is 4.90 Å². The summed E-state index contributed by atoms with van der Waals surface area (Å²) in [5.74, 6) is -2.78. The zero-order valence-corrected chi connectivity index (χ0v) is 12.8. The number of rotatable bonds is 3. The molecule has 126 valence electrons. The molecular weight excluding hydrogens is 348 g/mol. The van der Waals surface area contributed by atoms with Crippen LogP contribution in [0.15, 0.2) is 36.4 Å². The first-order chi connectivity index (χ1) is 11.1. The minimum absolute atomic E-state index is 0.0371. The molecule has 9 heteroatoms. The molecule has 1 fully saturated rings. The first kappa shape index (κ1) is 17.8. The summed E-state index contributed by atoms with van der Waals surface area (Å²) in [5, 5.41) is 2.01. The smallest absolute Gasteiger partial charge is 0.298 e. The van der Waals surface area contributed by atoms with E-state index in [0.29, 0.717) is 24.3 Å². The molecule has 24 heavy (non-hydrogen) atoms. The molecule has 0 unspecified atom stereocenters. The maximum Gasteiger partial charge on any atom is 0.416 e. The van der Waals surface area contributed by atoms with Crippen LogP contribution in [0.5, 0.6) is 0 Å². The molecule has 1 saturated heterocycles. The highest BCUT2D eigenvalue weighted by molar-refractivity contribution is 7.80. The number of thiocarbonyl (C=S) groups is 1. The molecule has 0 saturated carbocycles. The van der Waals surface area contributed by atoms with Crippen LogP contribution in [-0.2, 0) is 15.8 Å². The van der Waals surface area contributed by atoms with Crippen LogP contribution in [-0.4, -0.2) is 28.4 Å². The van der Waals surface area contributed by atoms with Gasteiger partial charge in [0.2, 0.25) is 0 Å². The predicted molar refractivity (Wildman–Crippen MR) is 82.0 cm³/mol. The second-order valence-corrected chi connectivity index (χ2v) is 5.14. The molecule has 0 spiro atoms. The van der Waals surface area contributed by atoms with Gasteiger partial charge in [-0.25, -0.2) is 4.39 Å². The standard InChI is InChI=1S/C15H10F4N2O2S/c1-2-5-21-13(23)10(12(22)20-14(21)24)7-8-6-9(16)3-4-11(8)15(17,18)19/h2-4,6-7H,1,5H2,(H,20,22,24). The highest BCUT2D eigenvalue weighted by atomic mass is 32.1. The van der Waals surface area contributed by atoms with Gasteiger partial charge >= 0.3 is 6.18 Å². The van der Waals surface area contributed by atoms with Crippen LogP contribution in [0.2, 0.25) is 0 Å². The Morgan fingerprint density at radius 1 is 1.29 bits per heavy atom. The Kier molecular flexibility index (Phi) is 4.83. The number of alkyl halides is 3. The quantitative estimate of drug-likeness (QED) is 0.297. The number of benzene rings is 1. The number of hydrogen-bond donors (Lipinski definition) is 1. The summed E-state index contributed by atoms with van der Waals surface area (Å²) in [4.78, 5) is 25.1. The average molecular weight is 358 g/mol. The van der Waals surface area contributed by atoms with Gasteiger partial charge in [-0.3, -0.25) is 19.8 Å². The predicted octanol–water partition coefficient (Wildman–Crippen LogP) is 2.66. The minimum Gasteiger partial charge on any atom is -0.298 e. The number of nitrogens with one attached hydrogen (secondary N) is 1. The van der Waals surface area contributed by atoms with Crippen LogP contribution in [0.3, 0.4) is 0 Å². The highest BCUT2D eigenvalue weighted by Crippen LogP contribution is 2.33. The molecule has 1 aliphatic rings. The largest absolute Gasteiger partial charge is 0.416 e. The molecule has 1 heterocycles. The first-order valence-corrected chi connectivity index (χ1v) is 6.92. The van der Waals surface area contributed by atoms with E-state index in [-0.39, 0.29) is 11.7 Å². The Balaban J connectivity index is 2.55. The topological polar surface area (TPSA) is 49.4 Å². The van der Waals surface area contributed by atoms with Gasteiger partial charge in [0.15, 0.2) is 5.11 Å². The van der Waals surface area contributed by atoms with Crippen LogP contribution in [0.25, 0.3) is 6.08 Å². The molecule has 1 N–H and O–H groups in total. The second-order valence-electron chi connectivity index (χ2n) is 4.75. The number of nitrogens with zero attached hydrogens (tertiary/aromatic N) is 1. The van der Waals surface area contributed by atoms with Crippen molar-refractivity contribution < 1.29 is 27.2 Å². The van der Waals surface area contributed by atoms with E-state index in [1.165, 1.54) is 6.08 Å². The fourth-order valence-corrected chi connectivity index (χ4v) is 2.31. The number of carbonyl (C=O) groups excluding carboxylic acids is 2. The van der Waals surface area contributed by atoms with Crippen molar-refractivity contribution in [2.24, 2.45) is 0 Å². The van der Waals surface area contributed by atoms with Gasteiger partial charge in [-0.1, -0.05) is 6.08 Å². The van der Waals surface area contributed by atoms with Crippen LogP contribution >= 0.6 is 12.2 Å². The molecular formula is C15H10F4N2O2S. The van der Waals surface area contributed by atoms with Gasteiger partial charge in [-0.15, -0.1) is 6.58 Å². The van der Waals surface area contributed by atoms with Crippen LogP contribution < -0.4 is 5.32 Å². The fraction of sp³-hybridized carbons (Fsp3) is 0.133. The zero-order valence-electron chi connectivity index (χ0n) is 12.0. The van der Waals surface area contributed by atoms with E-state index >= 15 is 0 Å². The lowest BCUT2D eigenvalue weighted by Crippen LogP contribution is -2.53. The van der Waals surface area contributed by atoms with E-state index in [1.54, 1.807) is 0 Å². The molecule has 4 nitrogen and oxygen atoms in total. The van der Waals surface area contributed by atoms with Crippen LogP contribution in [0.4, 0.5) is 17.6 Å². The summed E-state index contributed by atoms with van der Waals surface area (Å²) >= 11 is 4.83. The Morgan fingerprint density at radius 3 is 2.54 bits per heavy atom. The lowest BCUT2D eigenvalue weighted by Gasteiger charge is -2.28. The number of hydrogen-bond acceptors (Lipinski definition) is 3. The molecule has 2 amide bonds. The SMILES string of the molecule is C=CCN1C(=O)C(=Cc2cc(F)ccc2C(F)(F)F)C(=O)NC1=S. The van der Waals surface area contributed by atoms with Crippen LogP contribution in [0, 0.1) is 5.82 Å². The van der Waals surface area contributed by atoms with Gasteiger partial charge in [0, 0.05) is 6.54 Å². The molecule has 0 aliphatic carbocycles. The third-order valence-electron chi connectivity index (χ3n) is 3.12. The van der Waals surface area contributed by atoms with Crippen molar-refractivity contribution in [3.05, 3.63) is 53.4 Å². The Labute approximate surface area is 139 Å². The molecule has 0 aromatic heterocycles. The first-order valence-electron chi connectivity index (χ1n) is 6.51. The summed E-state index contributed by atoms with van der Waals surface area (Å²) in [5.41, 5.74) is -2.38. The number of carbonyl (C=O) groups is 2. The summed E-state index contributed by atoms with van der Waals surface area (Å²) in [7, 11) is 0. The van der Waals surface area contributed by atoms with E-state index in [2.05, 4.69) is 11.9 Å². The molecule has 1 aromatic rings. The molecule has 1 aromatic carbocycles. The number of amides is 2.